The standard InChI is InChI=1S/C73H130O6/c1-4-7-10-13-16-19-22-25-27-29-31-33-35-36-38-39-41-43-45-48-51-54-57-60-63-66-72(75)78-69-70(68-77-71(74)65-62-59-56-53-50-47-24-21-18-15-12-9-6-3)79-73(76)67-64-61-58-55-52-49-46-44-42-40-37-34-32-30-28-26-23-20-17-14-11-8-5-2/h7,10,16,19,25,27,31,33,36,38,41,43,70H,4-6,8-9,11-15,17-18,20-24,26,28-30,32,34-35,37,39-40,42,44-69H2,1-3H3/b10-7-,19-16-,27-25-,33-31-,38-36-,43-41-. The monoisotopic (exact) mass is 1100 g/mol. The Morgan fingerprint density at radius 1 is 0.266 bits per heavy atom. The number of hydrogen-bond donors (Lipinski definition) is 0. The van der Waals surface area contributed by atoms with E-state index in [-0.39, 0.29) is 31.1 Å². The molecule has 0 aliphatic rings. The molecule has 0 amide bonds. The molecule has 0 saturated heterocycles. The van der Waals surface area contributed by atoms with Crippen molar-refractivity contribution < 1.29 is 28.6 Å². The van der Waals surface area contributed by atoms with Crippen molar-refractivity contribution in [3.63, 3.8) is 0 Å². The molecule has 0 aromatic carbocycles. The number of allylic oxidation sites excluding steroid dienone is 12. The van der Waals surface area contributed by atoms with Crippen molar-refractivity contribution in [2.45, 2.75) is 361 Å². The number of ether oxygens (including phenoxy) is 3. The van der Waals surface area contributed by atoms with Gasteiger partial charge in [-0.2, -0.15) is 0 Å². The average Bonchev–Trinajstić information content (AvgIpc) is 3.45. The van der Waals surface area contributed by atoms with E-state index in [1.54, 1.807) is 0 Å². The van der Waals surface area contributed by atoms with Gasteiger partial charge in [0.15, 0.2) is 6.10 Å². The number of rotatable bonds is 63. The molecule has 0 heterocycles. The molecular weight excluding hydrogens is 973 g/mol. The summed E-state index contributed by atoms with van der Waals surface area (Å²) in [6, 6.07) is 0. The summed E-state index contributed by atoms with van der Waals surface area (Å²) in [6.45, 7) is 6.57. The first-order valence-electron chi connectivity index (χ1n) is 34.4. The molecule has 0 radical (unpaired) electrons. The van der Waals surface area contributed by atoms with Crippen LogP contribution in [0.5, 0.6) is 0 Å². The van der Waals surface area contributed by atoms with Crippen molar-refractivity contribution >= 4 is 17.9 Å². The highest BCUT2D eigenvalue weighted by Gasteiger charge is 2.19. The quantitative estimate of drug-likeness (QED) is 0.0261. The first-order chi connectivity index (χ1) is 39.0. The fraction of sp³-hybridized carbons (Fsp3) is 0.795. The summed E-state index contributed by atoms with van der Waals surface area (Å²) >= 11 is 0. The molecule has 6 heteroatoms. The van der Waals surface area contributed by atoms with Crippen molar-refractivity contribution in [3.05, 3.63) is 72.9 Å². The van der Waals surface area contributed by atoms with Crippen LogP contribution < -0.4 is 0 Å². The van der Waals surface area contributed by atoms with Crippen molar-refractivity contribution in [3.8, 4) is 0 Å². The minimum atomic E-state index is -0.780. The Bertz CT molecular complexity index is 1450. The molecule has 458 valence electrons. The van der Waals surface area contributed by atoms with Crippen molar-refractivity contribution in [2.75, 3.05) is 13.2 Å². The van der Waals surface area contributed by atoms with Gasteiger partial charge in [-0.1, -0.05) is 338 Å². The van der Waals surface area contributed by atoms with Gasteiger partial charge in [-0.05, 0) is 70.6 Å². The maximum Gasteiger partial charge on any atom is 0.306 e. The van der Waals surface area contributed by atoms with Crippen LogP contribution in [0.3, 0.4) is 0 Å². The van der Waals surface area contributed by atoms with Crippen LogP contribution in [-0.2, 0) is 28.6 Å². The highest BCUT2D eigenvalue weighted by atomic mass is 16.6. The van der Waals surface area contributed by atoms with Gasteiger partial charge >= 0.3 is 17.9 Å². The van der Waals surface area contributed by atoms with Gasteiger partial charge in [-0.3, -0.25) is 14.4 Å². The fourth-order valence-electron chi connectivity index (χ4n) is 10.1. The maximum absolute atomic E-state index is 12.9. The second-order valence-corrected chi connectivity index (χ2v) is 23.1. The molecule has 79 heavy (non-hydrogen) atoms. The summed E-state index contributed by atoms with van der Waals surface area (Å²) in [4.78, 5) is 38.4. The van der Waals surface area contributed by atoms with Gasteiger partial charge in [0.25, 0.3) is 0 Å². The zero-order valence-electron chi connectivity index (χ0n) is 52.6. The lowest BCUT2D eigenvalue weighted by molar-refractivity contribution is -0.167. The summed E-state index contributed by atoms with van der Waals surface area (Å²) in [7, 11) is 0. The Labute approximate surface area is 491 Å². The molecule has 0 aliphatic carbocycles. The van der Waals surface area contributed by atoms with Crippen LogP contribution in [-0.4, -0.2) is 37.2 Å². The SMILES string of the molecule is CC/C=C\C/C=C\C/C=C\C/C=C\C/C=C\C/C=C\CCCCCCCCC(=O)OCC(COC(=O)CCCCCCCCCCCCCCC)OC(=O)CCCCCCCCCCCCCCCCCCCCCCCCC. The van der Waals surface area contributed by atoms with Gasteiger partial charge in [0.05, 0.1) is 0 Å². The van der Waals surface area contributed by atoms with Crippen LogP contribution in [0.1, 0.15) is 355 Å². The van der Waals surface area contributed by atoms with E-state index in [2.05, 4.69) is 93.7 Å². The smallest absolute Gasteiger partial charge is 0.306 e. The van der Waals surface area contributed by atoms with E-state index in [0.717, 1.165) is 103 Å². The molecule has 1 unspecified atom stereocenters. The topological polar surface area (TPSA) is 78.9 Å². The second kappa shape index (κ2) is 67.4. The Morgan fingerprint density at radius 3 is 0.772 bits per heavy atom. The Balaban J connectivity index is 4.31. The molecule has 0 aromatic rings. The lowest BCUT2D eigenvalue weighted by Crippen LogP contribution is -2.30. The van der Waals surface area contributed by atoms with Gasteiger partial charge in [0, 0.05) is 19.3 Å². The first kappa shape index (κ1) is 75.8. The Hall–Kier alpha value is -3.15. The zero-order chi connectivity index (χ0) is 57.1. The van der Waals surface area contributed by atoms with Crippen molar-refractivity contribution in [1.82, 2.24) is 0 Å². The predicted molar refractivity (Wildman–Crippen MR) is 344 cm³/mol. The molecule has 0 aliphatic heterocycles. The molecule has 0 bridgehead atoms. The molecule has 0 fully saturated rings. The Morgan fingerprint density at radius 2 is 0.494 bits per heavy atom. The van der Waals surface area contributed by atoms with Crippen molar-refractivity contribution in [1.29, 1.82) is 0 Å². The molecule has 1 atom stereocenters. The fourth-order valence-corrected chi connectivity index (χ4v) is 10.1. The third-order valence-electron chi connectivity index (χ3n) is 15.2. The third kappa shape index (κ3) is 65.5. The lowest BCUT2D eigenvalue weighted by Gasteiger charge is -2.18. The van der Waals surface area contributed by atoms with E-state index in [9.17, 15) is 14.4 Å². The van der Waals surface area contributed by atoms with Gasteiger partial charge in [0.2, 0.25) is 0 Å². The van der Waals surface area contributed by atoms with E-state index >= 15 is 0 Å². The van der Waals surface area contributed by atoms with E-state index in [0.29, 0.717) is 19.3 Å². The van der Waals surface area contributed by atoms with Crippen LogP contribution in [0, 0.1) is 0 Å². The molecular formula is C73H130O6. The van der Waals surface area contributed by atoms with Crippen LogP contribution >= 0.6 is 0 Å². The molecule has 0 aromatic heterocycles. The van der Waals surface area contributed by atoms with Crippen LogP contribution in [0.2, 0.25) is 0 Å². The maximum atomic E-state index is 12.9. The van der Waals surface area contributed by atoms with Crippen LogP contribution in [0.15, 0.2) is 72.9 Å². The summed E-state index contributed by atoms with van der Waals surface area (Å²) in [5, 5.41) is 0. The highest BCUT2D eigenvalue weighted by Crippen LogP contribution is 2.18. The Kier molecular flexibility index (Phi) is 64.7. The van der Waals surface area contributed by atoms with Gasteiger partial charge < -0.3 is 14.2 Å². The molecule has 0 saturated carbocycles. The minimum absolute atomic E-state index is 0.0751. The normalized spacial score (nSPS) is 12.5. The number of carbonyl (C=O) groups is 3. The molecule has 0 N–H and O–H groups in total. The van der Waals surface area contributed by atoms with Crippen LogP contribution in [0.4, 0.5) is 0 Å². The van der Waals surface area contributed by atoms with E-state index in [4.69, 9.17) is 14.2 Å². The first-order valence-corrected chi connectivity index (χ1v) is 34.4. The van der Waals surface area contributed by atoms with Gasteiger partial charge in [-0.25, -0.2) is 0 Å². The lowest BCUT2D eigenvalue weighted by atomic mass is 10.0. The minimum Gasteiger partial charge on any atom is -0.462 e. The number of carbonyl (C=O) groups excluding carboxylic acids is 3. The molecule has 6 nitrogen and oxygen atoms in total. The summed E-state index contributed by atoms with van der Waals surface area (Å²) in [6.07, 6.45) is 87.8. The number of unbranched alkanes of at least 4 members (excludes halogenated alkanes) is 40. The van der Waals surface area contributed by atoms with Gasteiger partial charge in [-0.15, -0.1) is 0 Å². The largest absolute Gasteiger partial charge is 0.462 e. The summed E-state index contributed by atoms with van der Waals surface area (Å²) in [5.41, 5.74) is 0. The summed E-state index contributed by atoms with van der Waals surface area (Å²) in [5.74, 6) is -0.868. The molecule has 0 spiro atoms. The van der Waals surface area contributed by atoms with E-state index in [1.807, 2.05) is 0 Å². The molecule has 0 rings (SSSR count). The number of esters is 3. The number of hydrogen-bond acceptors (Lipinski definition) is 6. The second-order valence-electron chi connectivity index (χ2n) is 23.1. The average molecular weight is 1100 g/mol. The van der Waals surface area contributed by atoms with Crippen LogP contribution in [0.25, 0.3) is 0 Å². The predicted octanol–water partition coefficient (Wildman–Crippen LogP) is 23.7. The van der Waals surface area contributed by atoms with E-state index in [1.165, 1.54) is 212 Å². The summed E-state index contributed by atoms with van der Waals surface area (Å²) < 4.78 is 17.0. The van der Waals surface area contributed by atoms with E-state index < -0.39 is 6.10 Å². The van der Waals surface area contributed by atoms with Gasteiger partial charge in [0.1, 0.15) is 13.2 Å². The van der Waals surface area contributed by atoms with Crippen molar-refractivity contribution in [2.24, 2.45) is 0 Å². The highest BCUT2D eigenvalue weighted by molar-refractivity contribution is 5.71. The third-order valence-corrected chi connectivity index (χ3v) is 15.2. The zero-order valence-corrected chi connectivity index (χ0v) is 52.6.